The third kappa shape index (κ3) is 1.65. The molecule has 0 spiro atoms. The maximum absolute atomic E-state index is 12.2. The van der Waals surface area contributed by atoms with Gasteiger partial charge in [0.25, 0.3) is 0 Å². The van der Waals surface area contributed by atoms with Crippen molar-refractivity contribution in [3.8, 4) is 6.07 Å². The number of nitrogens with zero attached hydrogens (tertiary/aromatic N) is 3. The molecule has 1 fully saturated rings. The van der Waals surface area contributed by atoms with Gasteiger partial charge in [-0.2, -0.15) is 5.26 Å². The highest BCUT2D eigenvalue weighted by atomic mass is 16.2. The summed E-state index contributed by atoms with van der Waals surface area (Å²) in [6.45, 7) is 2.48. The molecule has 4 heteroatoms. The van der Waals surface area contributed by atoms with Gasteiger partial charge >= 0.3 is 0 Å². The van der Waals surface area contributed by atoms with Crippen LogP contribution in [0.2, 0.25) is 0 Å². The first kappa shape index (κ1) is 10.6. The fourth-order valence-electron chi connectivity index (χ4n) is 1.72. The van der Waals surface area contributed by atoms with Crippen LogP contribution in [-0.4, -0.2) is 17.4 Å². The van der Waals surface area contributed by atoms with Gasteiger partial charge in [-0.05, 0) is 31.9 Å². The Labute approximate surface area is 94.5 Å². The molecule has 0 atom stereocenters. The molecule has 0 aliphatic heterocycles. The van der Waals surface area contributed by atoms with Gasteiger partial charge in [-0.3, -0.25) is 9.78 Å². The smallest absolute Gasteiger partial charge is 0.247 e. The lowest BCUT2D eigenvalue weighted by molar-refractivity contribution is -0.121. The summed E-state index contributed by atoms with van der Waals surface area (Å²) in [6, 6.07) is 5.70. The zero-order valence-electron chi connectivity index (χ0n) is 9.18. The average molecular weight is 215 g/mol. The Balaban J connectivity index is 2.25. The lowest BCUT2D eigenvalue weighted by Crippen LogP contribution is -2.36. The Hall–Kier alpha value is -1.89. The molecular formula is C12H13N3O. The summed E-state index contributed by atoms with van der Waals surface area (Å²) < 4.78 is 0. The molecule has 0 N–H and O–H groups in total. The van der Waals surface area contributed by atoms with Crippen molar-refractivity contribution in [2.75, 3.05) is 11.4 Å². The summed E-state index contributed by atoms with van der Waals surface area (Å²) in [5, 5.41) is 9.01. The highest BCUT2D eigenvalue weighted by Crippen LogP contribution is 2.47. The van der Waals surface area contributed by atoms with E-state index in [0.29, 0.717) is 19.4 Å². The van der Waals surface area contributed by atoms with Gasteiger partial charge in [0.05, 0.1) is 6.07 Å². The molecule has 1 aliphatic rings. The van der Waals surface area contributed by atoms with Crippen LogP contribution in [0.5, 0.6) is 0 Å². The maximum atomic E-state index is 12.2. The van der Waals surface area contributed by atoms with E-state index in [4.69, 9.17) is 5.26 Å². The molecule has 0 unspecified atom stereocenters. The van der Waals surface area contributed by atoms with Crippen LogP contribution in [0.1, 0.15) is 19.8 Å². The molecule has 1 aromatic rings. The van der Waals surface area contributed by atoms with E-state index in [9.17, 15) is 4.79 Å². The molecule has 0 radical (unpaired) electrons. The monoisotopic (exact) mass is 215 g/mol. The molecule has 16 heavy (non-hydrogen) atoms. The van der Waals surface area contributed by atoms with E-state index >= 15 is 0 Å². The summed E-state index contributed by atoms with van der Waals surface area (Å²) in [7, 11) is 0. The largest absolute Gasteiger partial charge is 0.311 e. The van der Waals surface area contributed by atoms with Crippen LogP contribution in [0.3, 0.4) is 0 Å². The predicted octanol–water partition coefficient (Wildman–Crippen LogP) is 1.74. The number of carbonyl (C=O) groups is 1. The standard InChI is InChI=1S/C12H13N3O/c1-2-15(10-3-7-14-8-4-10)11(16)12(9-13)5-6-12/h3-4,7-8H,2,5-6H2,1H3. The van der Waals surface area contributed by atoms with E-state index < -0.39 is 5.41 Å². The number of amides is 1. The molecular weight excluding hydrogens is 202 g/mol. The van der Waals surface area contributed by atoms with Crippen molar-refractivity contribution in [1.82, 2.24) is 4.98 Å². The first-order chi connectivity index (χ1) is 7.73. The van der Waals surface area contributed by atoms with Gasteiger partial charge < -0.3 is 4.90 Å². The van der Waals surface area contributed by atoms with Crippen molar-refractivity contribution in [3.63, 3.8) is 0 Å². The van der Waals surface area contributed by atoms with Crippen LogP contribution in [0, 0.1) is 16.7 Å². The number of hydrogen-bond donors (Lipinski definition) is 0. The number of aromatic nitrogens is 1. The Morgan fingerprint density at radius 3 is 2.62 bits per heavy atom. The number of hydrogen-bond acceptors (Lipinski definition) is 3. The summed E-state index contributed by atoms with van der Waals surface area (Å²) in [5.74, 6) is -0.0799. The van der Waals surface area contributed by atoms with Crippen LogP contribution in [0.15, 0.2) is 24.5 Å². The van der Waals surface area contributed by atoms with Crippen LogP contribution in [-0.2, 0) is 4.79 Å². The first-order valence-electron chi connectivity index (χ1n) is 5.37. The van der Waals surface area contributed by atoms with Gasteiger partial charge in [0.15, 0.2) is 0 Å². The Morgan fingerprint density at radius 2 is 2.19 bits per heavy atom. The van der Waals surface area contributed by atoms with Crippen molar-refractivity contribution < 1.29 is 4.79 Å². The summed E-state index contributed by atoms with van der Waals surface area (Å²) in [5.41, 5.74) is 0.0586. The van der Waals surface area contributed by atoms with Crippen LogP contribution in [0.25, 0.3) is 0 Å². The first-order valence-corrected chi connectivity index (χ1v) is 5.37. The molecule has 0 saturated heterocycles. The Morgan fingerprint density at radius 1 is 1.56 bits per heavy atom. The van der Waals surface area contributed by atoms with Crippen molar-refractivity contribution in [2.45, 2.75) is 19.8 Å². The molecule has 1 amide bonds. The normalized spacial score (nSPS) is 16.2. The minimum absolute atomic E-state index is 0.0799. The van der Waals surface area contributed by atoms with Gasteiger partial charge in [-0.15, -0.1) is 0 Å². The number of carbonyl (C=O) groups excluding carboxylic acids is 1. The van der Waals surface area contributed by atoms with E-state index in [2.05, 4.69) is 11.1 Å². The molecule has 2 rings (SSSR count). The van der Waals surface area contributed by atoms with Gasteiger partial charge in [0.1, 0.15) is 5.41 Å². The Kier molecular flexibility index (Phi) is 2.61. The van der Waals surface area contributed by atoms with E-state index in [1.54, 1.807) is 29.4 Å². The number of nitriles is 1. The average Bonchev–Trinajstić information content (AvgIpc) is 3.12. The second-order valence-corrected chi connectivity index (χ2v) is 3.95. The Bertz CT molecular complexity index is 431. The number of anilines is 1. The van der Waals surface area contributed by atoms with Gasteiger partial charge in [0, 0.05) is 24.6 Å². The van der Waals surface area contributed by atoms with Crippen molar-refractivity contribution in [2.24, 2.45) is 5.41 Å². The van der Waals surface area contributed by atoms with Gasteiger partial charge in [-0.25, -0.2) is 0 Å². The highest BCUT2D eigenvalue weighted by Gasteiger charge is 2.52. The van der Waals surface area contributed by atoms with Gasteiger partial charge in [0.2, 0.25) is 5.91 Å². The van der Waals surface area contributed by atoms with Crippen molar-refractivity contribution >= 4 is 11.6 Å². The van der Waals surface area contributed by atoms with E-state index in [0.717, 1.165) is 5.69 Å². The van der Waals surface area contributed by atoms with Crippen molar-refractivity contribution in [1.29, 1.82) is 5.26 Å². The second-order valence-electron chi connectivity index (χ2n) is 3.95. The third-order valence-corrected chi connectivity index (χ3v) is 2.91. The van der Waals surface area contributed by atoms with E-state index in [-0.39, 0.29) is 5.91 Å². The molecule has 1 aliphatic carbocycles. The highest BCUT2D eigenvalue weighted by molar-refractivity contribution is 6.01. The fourth-order valence-corrected chi connectivity index (χ4v) is 1.72. The van der Waals surface area contributed by atoms with Crippen LogP contribution < -0.4 is 4.90 Å². The SMILES string of the molecule is CCN(C(=O)C1(C#N)CC1)c1ccncc1. The molecule has 1 saturated carbocycles. The zero-order valence-corrected chi connectivity index (χ0v) is 9.18. The molecule has 4 nitrogen and oxygen atoms in total. The second kappa shape index (κ2) is 3.93. The third-order valence-electron chi connectivity index (χ3n) is 2.91. The summed E-state index contributed by atoms with van der Waals surface area (Å²) >= 11 is 0. The molecule has 0 bridgehead atoms. The topological polar surface area (TPSA) is 57.0 Å². The number of rotatable bonds is 3. The van der Waals surface area contributed by atoms with Crippen molar-refractivity contribution in [3.05, 3.63) is 24.5 Å². The zero-order chi connectivity index (χ0) is 11.6. The lowest BCUT2D eigenvalue weighted by Gasteiger charge is -2.22. The molecule has 1 aromatic heterocycles. The maximum Gasteiger partial charge on any atom is 0.247 e. The quantitative estimate of drug-likeness (QED) is 0.771. The minimum Gasteiger partial charge on any atom is -0.311 e. The molecule has 1 heterocycles. The van der Waals surface area contributed by atoms with Gasteiger partial charge in [-0.1, -0.05) is 0 Å². The van der Waals surface area contributed by atoms with E-state index in [1.165, 1.54) is 0 Å². The lowest BCUT2D eigenvalue weighted by atomic mass is 10.1. The number of pyridine rings is 1. The molecule has 0 aromatic carbocycles. The predicted molar refractivity (Wildman–Crippen MR) is 59.5 cm³/mol. The summed E-state index contributed by atoms with van der Waals surface area (Å²) in [4.78, 5) is 17.7. The molecule has 82 valence electrons. The van der Waals surface area contributed by atoms with Crippen LogP contribution >= 0.6 is 0 Å². The minimum atomic E-state index is -0.751. The van der Waals surface area contributed by atoms with Crippen LogP contribution in [0.4, 0.5) is 5.69 Å². The van der Waals surface area contributed by atoms with E-state index in [1.807, 2.05) is 6.92 Å². The fraction of sp³-hybridized carbons (Fsp3) is 0.417. The summed E-state index contributed by atoms with van der Waals surface area (Å²) in [6.07, 6.45) is 4.67.